The second kappa shape index (κ2) is 5.24. The number of alkyl halides is 2. The van der Waals surface area contributed by atoms with E-state index in [1.165, 1.54) is 19.3 Å². The van der Waals surface area contributed by atoms with Gasteiger partial charge in [0.2, 0.25) is 5.91 Å². The Hall–Kier alpha value is -0.710. The lowest BCUT2D eigenvalue weighted by Gasteiger charge is -2.33. The van der Waals surface area contributed by atoms with Crippen LogP contribution in [0.1, 0.15) is 51.4 Å². The number of nitrogens with zero attached hydrogens (tertiary/aromatic N) is 1. The van der Waals surface area contributed by atoms with Gasteiger partial charge in [0.05, 0.1) is 12.0 Å². The maximum atomic E-state index is 13.4. The Morgan fingerprint density at radius 3 is 2.55 bits per heavy atom. The second-order valence-electron chi connectivity index (χ2n) is 6.88. The summed E-state index contributed by atoms with van der Waals surface area (Å²) in [4.78, 5) is 14.0. The highest BCUT2D eigenvalue weighted by molar-refractivity contribution is 5.78. The molecule has 0 aromatic carbocycles. The summed E-state index contributed by atoms with van der Waals surface area (Å²) in [7, 11) is 0. The van der Waals surface area contributed by atoms with Crippen LogP contribution in [0.4, 0.5) is 8.78 Å². The van der Waals surface area contributed by atoms with Crippen LogP contribution in [0.2, 0.25) is 0 Å². The molecule has 3 aliphatic rings. The van der Waals surface area contributed by atoms with Crippen LogP contribution in [-0.4, -0.2) is 42.4 Å². The summed E-state index contributed by atoms with van der Waals surface area (Å²) in [5, 5.41) is 3.07. The van der Waals surface area contributed by atoms with Crippen molar-refractivity contribution in [1.29, 1.82) is 0 Å². The standard InChI is InChI=1S/C15H24F2N2O/c16-15(17)10-14(15)7-4-8-19(11-14)9-13(20)18-12-5-2-1-3-6-12/h12H,1-11H2,(H,18,20). The zero-order chi connectivity index (χ0) is 14.2. The summed E-state index contributed by atoms with van der Waals surface area (Å²) in [6.07, 6.45) is 7.17. The van der Waals surface area contributed by atoms with Crippen molar-refractivity contribution in [3.63, 3.8) is 0 Å². The van der Waals surface area contributed by atoms with Crippen LogP contribution in [0.3, 0.4) is 0 Å². The van der Waals surface area contributed by atoms with Crippen LogP contribution in [0.15, 0.2) is 0 Å². The molecule has 0 bridgehead atoms. The largest absolute Gasteiger partial charge is 0.352 e. The van der Waals surface area contributed by atoms with E-state index in [0.717, 1.165) is 25.8 Å². The Balaban J connectivity index is 1.46. The van der Waals surface area contributed by atoms with Crippen molar-refractivity contribution in [2.75, 3.05) is 19.6 Å². The van der Waals surface area contributed by atoms with Crippen LogP contribution in [0.25, 0.3) is 0 Å². The van der Waals surface area contributed by atoms with E-state index in [-0.39, 0.29) is 18.9 Å². The molecule has 2 saturated carbocycles. The lowest BCUT2D eigenvalue weighted by molar-refractivity contribution is -0.124. The molecule has 3 nitrogen and oxygen atoms in total. The number of rotatable bonds is 3. The highest BCUT2D eigenvalue weighted by atomic mass is 19.3. The maximum absolute atomic E-state index is 13.4. The zero-order valence-electron chi connectivity index (χ0n) is 12.0. The van der Waals surface area contributed by atoms with Gasteiger partial charge in [-0.25, -0.2) is 8.78 Å². The third kappa shape index (κ3) is 2.83. The summed E-state index contributed by atoms with van der Waals surface area (Å²) < 4.78 is 26.9. The van der Waals surface area contributed by atoms with Crippen LogP contribution in [0.5, 0.6) is 0 Å². The number of likely N-dealkylation sites (tertiary alicyclic amines) is 1. The monoisotopic (exact) mass is 286 g/mol. The fraction of sp³-hybridized carbons (Fsp3) is 0.933. The molecule has 1 amide bonds. The summed E-state index contributed by atoms with van der Waals surface area (Å²) in [5.41, 5.74) is -0.809. The molecule has 3 rings (SSSR count). The number of amides is 1. The molecular weight excluding hydrogens is 262 g/mol. The average Bonchev–Trinajstić information content (AvgIpc) is 2.90. The number of hydrogen-bond acceptors (Lipinski definition) is 2. The fourth-order valence-electron chi connectivity index (χ4n) is 3.91. The van der Waals surface area contributed by atoms with Crippen molar-refractivity contribution in [3.8, 4) is 0 Å². The molecule has 3 fully saturated rings. The second-order valence-corrected chi connectivity index (χ2v) is 6.88. The molecule has 5 heteroatoms. The molecule has 1 heterocycles. The molecule has 2 aliphatic carbocycles. The van der Waals surface area contributed by atoms with E-state index in [4.69, 9.17) is 0 Å². The van der Waals surface area contributed by atoms with Gasteiger partial charge in [-0.05, 0) is 32.2 Å². The molecule has 20 heavy (non-hydrogen) atoms. The Morgan fingerprint density at radius 1 is 1.20 bits per heavy atom. The van der Waals surface area contributed by atoms with Crippen molar-refractivity contribution in [2.24, 2.45) is 5.41 Å². The van der Waals surface area contributed by atoms with E-state index in [0.29, 0.717) is 19.0 Å². The number of carbonyl (C=O) groups is 1. The summed E-state index contributed by atoms with van der Waals surface area (Å²) in [5.74, 6) is -2.48. The molecule has 1 atom stereocenters. The number of carbonyl (C=O) groups excluding carboxylic acids is 1. The van der Waals surface area contributed by atoms with E-state index < -0.39 is 11.3 Å². The van der Waals surface area contributed by atoms with Gasteiger partial charge < -0.3 is 5.32 Å². The quantitative estimate of drug-likeness (QED) is 0.865. The van der Waals surface area contributed by atoms with Crippen molar-refractivity contribution in [2.45, 2.75) is 63.3 Å². The first-order chi connectivity index (χ1) is 9.51. The van der Waals surface area contributed by atoms with Gasteiger partial charge >= 0.3 is 0 Å². The number of halogens is 2. The van der Waals surface area contributed by atoms with E-state index in [1.54, 1.807) is 0 Å². The summed E-state index contributed by atoms with van der Waals surface area (Å²) in [6.45, 7) is 1.45. The minimum Gasteiger partial charge on any atom is -0.352 e. The molecule has 1 spiro atoms. The van der Waals surface area contributed by atoms with Crippen molar-refractivity contribution in [1.82, 2.24) is 10.2 Å². The summed E-state index contributed by atoms with van der Waals surface area (Å²) in [6, 6.07) is 0.303. The van der Waals surface area contributed by atoms with Crippen LogP contribution >= 0.6 is 0 Å². The molecule has 114 valence electrons. The first-order valence-corrected chi connectivity index (χ1v) is 7.90. The topological polar surface area (TPSA) is 32.3 Å². The third-order valence-electron chi connectivity index (χ3n) is 5.20. The van der Waals surface area contributed by atoms with Crippen LogP contribution in [-0.2, 0) is 4.79 Å². The molecule has 1 unspecified atom stereocenters. The average molecular weight is 286 g/mol. The Labute approximate surface area is 119 Å². The lowest BCUT2D eigenvalue weighted by Crippen LogP contribution is -2.47. The van der Waals surface area contributed by atoms with Gasteiger partial charge in [0.25, 0.3) is 5.92 Å². The molecule has 0 radical (unpaired) electrons. The number of nitrogens with one attached hydrogen (secondary N) is 1. The Kier molecular flexibility index (Phi) is 3.73. The lowest BCUT2D eigenvalue weighted by atomic mass is 9.94. The zero-order valence-corrected chi connectivity index (χ0v) is 12.0. The number of piperidine rings is 1. The Bertz CT molecular complexity index is 382. The van der Waals surface area contributed by atoms with Crippen LogP contribution in [0, 0.1) is 5.41 Å². The van der Waals surface area contributed by atoms with E-state index in [9.17, 15) is 13.6 Å². The molecule has 1 aliphatic heterocycles. The van der Waals surface area contributed by atoms with Crippen molar-refractivity contribution >= 4 is 5.91 Å². The predicted molar refractivity (Wildman–Crippen MR) is 72.7 cm³/mol. The molecule has 1 N–H and O–H groups in total. The van der Waals surface area contributed by atoms with E-state index in [2.05, 4.69) is 5.32 Å². The highest BCUT2D eigenvalue weighted by Gasteiger charge is 2.71. The third-order valence-corrected chi connectivity index (χ3v) is 5.20. The maximum Gasteiger partial charge on any atom is 0.255 e. The smallest absolute Gasteiger partial charge is 0.255 e. The first kappa shape index (κ1) is 14.2. The minimum absolute atomic E-state index is 0.0120. The van der Waals surface area contributed by atoms with E-state index in [1.807, 2.05) is 4.90 Å². The summed E-state index contributed by atoms with van der Waals surface area (Å²) >= 11 is 0. The van der Waals surface area contributed by atoms with Gasteiger partial charge in [-0.15, -0.1) is 0 Å². The van der Waals surface area contributed by atoms with Crippen LogP contribution < -0.4 is 5.32 Å². The first-order valence-electron chi connectivity index (χ1n) is 7.90. The van der Waals surface area contributed by atoms with E-state index >= 15 is 0 Å². The fourth-order valence-corrected chi connectivity index (χ4v) is 3.91. The predicted octanol–water partition coefficient (Wildman–Crippen LogP) is 2.56. The normalized spacial score (nSPS) is 34.1. The van der Waals surface area contributed by atoms with Gasteiger partial charge in [0.1, 0.15) is 0 Å². The van der Waals surface area contributed by atoms with Gasteiger partial charge in [-0.2, -0.15) is 0 Å². The highest BCUT2D eigenvalue weighted by Crippen LogP contribution is 2.64. The van der Waals surface area contributed by atoms with Crippen molar-refractivity contribution in [3.05, 3.63) is 0 Å². The SMILES string of the molecule is O=C(CN1CCCC2(C1)CC2(F)F)NC1CCCCC1. The van der Waals surface area contributed by atoms with Gasteiger partial charge in [0, 0.05) is 19.0 Å². The minimum atomic E-state index is -2.49. The molecule has 0 aromatic rings. The van der Waals surface area contributed by atoms with Crippen molar-refractivity contribution < 1.29 is 13.6 Å². The van der Waals surface area contributed by atoms with Gasteiger partial charge in [-0.3, -0.25) is 9.69 Å². The number of hydrogen-bond donors (Lipinski definition) is 1. The molecular formula is C15H24F2N2O. The Morgan fingerprint density at radius 2 is 1.90 bits per heavy atom. The molecule has 1 saturated heterocycles. The molecule has 0 aromatic heterocycles. The van der Waals surface area contributed by atoms with Gasteiger partial charge in [-0.1, -0.05) is 19.3 Å². The van der Waals surface area contributed by atoms with Gasteiger partial charge in [0.15, 0.2) is 0 Å².